The van der Waals surface area contributed by atoms with Crippen LogP contribution in [0.25, 0.3) is 0 Å². The average molecular weight is 259 g/mol. The van der Waals surface area contributed by atoms with Gasteiger partial charge in [0.05, 0.1) is 6.04 Å². The molecule has 3 atom stereocenters. The van der Waals surface area contributed by atoms with Gasteiger partial charge in [-0.2, -0.15) is 0 Å². The Morgan fingerprint density at radius 1 is 1.21 bits per heavy atom. The van der Waals surface area contributed by atoms with E-state index < -0.39 is 0 Å². The van der Waals surface area contributed by atoms with Gasteiger partial charge in [0.25, 0.3) is 0 Å². The maximum absolute atomic E-state index is 5.77. The molecule has 1 aliphatic carbocycles. The predicted molar refractivity (Wildman–Crippen MR) is 78.4 cm³/mol. The smallest absolute Gasteiger partial charge is 0.124 e. The Kier molecular flexibility index (Phi) is 3.30. The van der Waals surface area contributed by atoms with Crippen LogP contribution in [0.2, 0.25) is 0 Å². The Balaban J connectivity index is 1.69. The van der Waals surface area contributed by atoms with E-state index in [9.17, 15) is 0 Å². The van der Waals surface area contributed by atoms with Crippen molar-refractivity contribution in [3.05, 3.63) is 29.8 Å². The van der Waals surface area contributed by atoms with Crippen molar-refractivity contribution in [3.8, 4) is 5.75 Å². The Bertz CT molecular complexity index is 454. The number of para-hydroxylation sites is 1. The van der Waals surface area contributed by atoms with E-state index in [2.05, 4.69) is 44.3 Å². The lowest BCUT2D eigenvalue weighted by molar-refractivity contribution is 0.140. The molecule has 3 unspecified atom stereocenters. The normalized spacial score (nSPS) is 32.7. The Labute approximate surface area is 116 Å². The van der Waals surface area contributed by atoms with Crippen molar-refractivity contribution in [2.24, 2.45) is 11.3 Å². The van der Waals surface area contributed by atoms with Crippen molar-refractivity contribution >= 4 is 0 Å². The van der Waals surface area contributed by atoms with Crippen LogP contribution in [0.3, 0.4) is 0 Å². The summed E-state index contributed by atoms with van der Waals surface area (Å²) in [6, 6.07) is 9.42. The summed E-state index contributed by atoms with van der Waals surface area (Å²) < 4.78 is 5.77. The fourth-order valence-electron chi connectivity index (χ4n) is 4.06. The van der Waals surface area contributed by atoms with E-state index in [1.54, 1.807) is 0 Å². The van der Waals surface area contributed by atoms with Gasteiger partial charge in [-0.05, 0) is 36.7 Å². The van der Waals surface area contributed by atoms with Gasteiger partial charge in [-0.15, -0.1) is 0 Å². The molecule has 1 aliphatic heterocycles. The summed E-state index contributed by atoms with van der Waals surface area (Å²) in [5, 5.41) is 3.84. The van der Waals surface area contributed by atoms with E-state index in [1.165, 1.54) is 24.8 Å². The van der Waals surface area contributed by atoms with E-state index in [1.807, 2.05) is 6.07 Å². The summed E-state index contributed by atoms with van der Waals surface area (Å²) in [6.07, 6.45) is 3.92. The maximum Gasteiger partial charge on any atom is 0.124 e. The minimum absolute atomic E-state index is 0.377. The molecule has 19 heavy (non-hydrogen) atoms. The number of ether oxygens (including phenoxy) is 1. The second-order valence-electron chi connectivity index (χ2n) is 7.18. The lowest BCUT2D eigenvalue weighted by Crippen LogP contribution is -2.42. The highest BCUT2D eigenvalue weighted by Gasteiger charge is 2.34. The van der Waals surface area contributed by atoms with Gasteiger partial charge in [0.2, 0.25) is 0 Å². The van der Waals surface area contributed by atoms with Crippen LogP contribution in [-0.2, 0) is 0 Å². The van der Waals surface area contributed by atoms with Gasteiger partial charge >= 0.3 is 0 Å². The molecule has 0 bridgehead atoms. The van der Waals surface area contributed by atoms with Crippen LogP contribution in [0.5, 0.6) is 5.75 Å². The van der Waals surface area contributed by atoms with E-state index in [-0.39, 0.29) is 0 Å². The molecule has 1 saturated carbocycles. The quantitative estimate of drug-likeness (QED) is 0.869. The first kappa shape index (κ1) is 13.0. The maximum atomic E-state index is 5.77. The first-order chi connectivity index (χ1) is 9.03. The van der Waals surface area contributed by atoms with Crippen molar-refractivity contribution in [2.45, 2.75) is 52.1 Å². The SMILES string of the molecule is CC1CC(NC2COc3ccccc32)CC(C)(C)C1. The lowest BCUT2D eigenvalue weighted by Gasteiger charge is -2.40. The fourth-order valence-corrected chi connectivity index (χ4v) is 4.06. The molecule has 0 saturated heterocycles. The summed E-state index contributed by atoms with van der Waals surface area (Å²) in [4.78, 5) is 0. The van der Waals surface area contributed by atoms with Crippen LogP contribution in [0.4, 0.5) is 0 Å². The van der Waals surface area contributed by atoms with Gasteiger partial charge in [0.15, 0.2) is 0 Å². The van der Waals surface area contributed by atoms with Crippen LogP contribution in [0.15, 0.2) is 24.3 Å². The molecule has 1 N–H and O–H groups in total. The molecule has 0 aromatic heterocycles. The Morgan fingerprint density at radius 3 is 2.79 bits per heavy atom. The third-order valence-corrected chi connectivity index (χ3v) is 4.52. The molecular weight excluding hydrogens is 234 g/mol. The molecule has 0 spiro atoms. The number of hydrogen-bond donors (Lipinski definition) is 1. The summed E-state index contributed by atoms with van der Waals surface area (Å²) >= 11 is 0. The van der Waals surface area contributed by atoms with E-state index >= 15 is 0 Å². The highest BCUT2D eigenvalue weighted by molar-refractivity contribution is 5.39. The van der Waals surface area contributed by atoms with Crippen molar-refractivity contribution in [3.63, 3.8) is 0 Å². The molecule has 2 aliphatic rings. The first-order valence-electron chi connectivity index (χ1n) is 7.51. The van der Waals surface area contributed by atoms with Crippen molar-refractivity contribution in [1.82, 2.24) is 5.32 Å². The number of benzene rings is 1. The Hall–Kier alpha value is -1.02. The van der Waals surface area contributed by atoms with Gasteiger partial charge in [-0.25, -0.2) is 0 Å². The van der Waals surface area contributed by atoms with E-state index in [0.717, 1.165) is 18.3 Å². The topological polar surface area (TPSA) is 21.3 Å². The summed E-state index contributed by atoms with van der Waals surface area (Å²) in [5.74, 6) is 1.88. The first-order valence-corrected chi connectivity index (χ1v) is 7.51. The molecule has 1 heterocycles. The molecule has 1 aromatic rings. The van der Waals surface area contributed by atoms with E-state index in [0.29, 0.717) is 17.5 Å². The number of rotatable bonds is 2. The number of nitrogens with one attached hydrogen (secondary N) is 1. The molecule has 2 heteroatoms. The molecule has 1 fully saturated rings. The second kappa shape index (κ2) is 4.82. The zero-order valence-electron chi connectivity index (χ0n) is 12.3. The van der Waals surface area contributed by atoms with Gasteiger partial charge in [0.1, 0.15) is 12.4 Å². The minimum Gasteiger partial charge on any atom is -0.491 e. The summed E-state index contributed by atoms with van der Waals surface area (Å²) in [7, 11) is 0. The van der Waals surface area contributed by atoms with Gasteiger partial charge in [0, 0.05) is 11.6 Å². The van der Waals surface area contributed by atoms with Gasteiger partial charge < -0.3 is 10.1 Å². The summed E-state index contributed by atoms with van der Waals surface area (Å²) in [6.45, 7) is 7.96. The second-order valence-corrected chi connectivity index (χ2v) is 7.18. The molecule has 3 rings (SSSR count). The Morgan fingerprint density at radius 2 is 2.00 bits per heavy atom. The molecule has 0 amide bonds. The number of hydrogen-bond acceptors (Lipinski definition) is 2. The molecular formula is C17H25NO. The molecule has 0 radical (unpaired) electrons. The van der Waals surface area contributed by atoms with Gasteiger partial charge in [-0.1, -0.05) is 39.0 Å². The molecule has 104 valence electrons. The number of fused-ring (bicyclic) bond motifs is 1. The molecule has 2 nitrogen and oxygen atoms in total. The third-order valence-electron chi connectivity index (χ3n) is 4.52. The standard InChI is InChI=1S/C17H25NO/c1-12-8-13(10-17(2,3)9-12)18-15-11-19-16-7-5-4-6-14(15)16/h4-7,12-13,15,18H,8-11H2,1-3H3. The zero-order chi connectivity index (χ0) is 13.5. The van der Waals surface area contributed by atoms with Crippen molar-refractivity contribution < 1.29 is 4.74 Å². The fraction of sp³-hybridized carbons (Fsp3) is 0.647. The lowest BCUT2D eigenvalue weighted by atomic mass is 9.70. The highest BCUT2D eigenvalue weighted by atomic mass is 16.5. The highest BCUT2D eigenvalue weighted by Crippen LogP contribution is 2.40. The predicted octanol–water partition coefficient (Wildman–Crippen LogP) is 3.92. The van der Waals surface area contributed by atoms with Crippen LogP contribution >= 0.6 is 0 Å². The van der Waals surface area contributed by atoms with Crippen molar-refractivity contribution in [1.29, 1.82) is 0 Å². The minimum atomic E-state index is 0.377. The molecule has 1 aromatic carbocycles. The van der Waals surface area contributed by atoms with Crippen LogP contribution in [-0.4, -0.2) is 12.6 Å². The monoisotopic (exact) mass is 259 g/mol. The third kappa shape index (κ3) is 2.79. The average Bonchev–Trinajstić information content (AvgIpc) is 2.70. The zero-order valence-corrected chi connectivity index (χ0v) is 12.3. The van der Waals surface area contributed by atoms with Gasteiger partial charge in [-0.3, -0.25) is 0 Å². The van der Waals surface area contributed by atoms with Crippen molar-refractivity contribution in [2.75, 3.05) is 6.61 Å². The van der Waals surface area contributed by atoms with Crippen LogP contribution < -0.4 is 10.1 Å². The van der Waals surface area contributed by atoms with Crippen LogP contribution in [0.1, 0.15) is 51.6 Å². The largest absolute Gasteiger partial charge is 0.491 e. The van der Waals surface area contributed by atoms with E-state index in [4.69, 9.17) is 4.74 Å². The van der Waals surface area contributed by atoms with Crippen LogP contribution in [0, 0.1) is 11.3 Å². The summed E-state index contributed by atoms with van der Waals surface area (Å²) in [5.41, 5.74) is 1.80.